The monoisotopic (exact) mass is 658 g/mol. The van der Waals surface area contributed by atoms with E-state index in [9.17, 15) is 37.1 Å². The van der Waals surface area contributed by atoms with Gasteiger partial charge in [-0.2, -0.15) is 13.2 Å². The van der Waals surface area contributed by atoms with Gasteiger partial charge in [0.25, 0.3) is 5.56 Å². The number of alkyl halides is 3. The molecule has 0 aliphatic carbocycles. The molecule has 2 N–H and O–H groups in total. The zero-order valence-electron chi connectivity index (χ0n) is 26.3. The van der Waals surface area contributed by atoms with Crippen molar-refractivity contribution in [1.29, 1.82) is 0 Å². The number of carboxylic acid groups (broad SMARTS) is 1. The van der Waals surface area contributed by atoms with E-state index in [0.717, 1.165) is 10.8 Å². The first kappa shape index (κ1) is 35.4. The second-order valence-electron chi connectivity index (χ2n) is 12.4. The molecule has 47 heavy (non-hydrogen) atoms. The Morgan fingerprint density at radius 3 is 2.26 bits per heavy atom. The van der Waals surface area contributed by atoms with Crippen molar-refractivity contribution in [3.63, 3.8) is 0 Å². The van der Waals surface area contributed by atoms with Gasteiger partial charge in [-0.15, -0.1) is 6.42 Å². The van der Waals surface area contributed by atoms with Gasteiger partial charge >= 0.3 is 12.1 Å². The number of hydrogen-bond acceptors (Lipinski definition) is 4. The molecule has 7 nitrogen and oxygen atoms in total. The van der Waals surface area contributed by atoms with E-state index in [-0.39, 0.29) is 54.6 Å². The van der Waals surface area contributed by atoms with Crippen LogP contribution in [0.25, 0.3) is 11.1 Å². The molecule has 1 aliphatic heterocycles. The number of carbonyl (C=O) groups is 2. The topological polar surface area (TPSA) is 97.6 Å². The summed E-state index contributed by atoms with van der Waals surface area (Å²) in [4.78, 5) is 39.1. The number of nitrogens with one attached hydrogen (secondary N) is 1. The third kappa shape index (κ3) is 8.08. The zero-order valence-corrected chi connectivity index (χ0v) is 26.3. The highest BCUT2D eigenvalue weighted by Crippen LogP contribution is 2.36. The predicted molar refractivity (Wildman–Crippen MR) is 165 cm³/mol. The van der Waals surface area contributed by atoms with Crippen molar-refractivity contribution >= 4 is 11.9 Å². The van der Waals surface area contributed by atoms with E-state index < -0.39 is 59.3 Å². The van der Waals surface area contributed by atoms with Crippen LogP contribution in [0.3, 0.4) is 0 Å². The van der Waals surface area contributed by atoms with Gasteiger partial charge in [0.2, 0.25) is 5.91 Å². The fraction of sp³-hybridized carbons (Fsp3) is 0.400. The molecule has 2 heterocycles. The van der Waals surface area contributed by atoms with Crippen LogP contribution in [0.15, 0.2) is 41.3 Å². The quantitative estimate of drug-likeness (QED) is 0.181. The highest BCUT2D eigenvalue weighted by atomic mass is 19.4. The minimum Gasteiger partial charge on any atom is -0.481 e. The average molecular weight is 659 g/mol. The normalized spacial score (nSPS) is 14.7. The summed E-state index contributed by atoms with van der Waals surface area (Å²) >= 11 is 0. The number of halogens is 5. The molecule has 250 valence electrons. The van der Waals surface area contributed by atoms with Crippen LogP contribution in [0.1, 0.15) is 72.2 Å². The van der Waals surface area contributed by atoms with E-state index in [2.05, 4.69) is 11.2 Å². The number of hydrogen-bond donors (Lipinski definition) is 2. The molecule has 1 aliphatic rings. The van der Waals surface area contributed by atoms with Gasteiger partial charge in [-0.3, -0.25) is 14.4 Å². The molecule has 0 bridgehead atoms. The van der Waals surface area contributed by atoms with Crippen LogP contribution in [0.4, 0.5) is 22.0 Å². The number of aliphatic carboxylic acids is 1. The summed E-state index contributed by atoms with van der Waals surface area (Å²) in [6, 6.07) is 2.85. The van der Waals surface area contributed by atoms with Crippen LogP contribution < -0.4 is 10.9 Å². The van der Waals surface area contributed by atoms with Crippen molar-refractivity contribution < 1.29 is 41.4 Å². The van der Waals surface area contributed by atoms with E-state index in [1.165, 1.54) is 24.3 Å². The largest absolute Gasteiger partial charge is 0.481 e. The van der Waals surface area contributed by atoms with Gasteiger partial charge in [0.1, 0.15) is 17.7 Å². The number of aryl methyl sites for hydroxylation is 2. The number of terminal acetylenes is 1. The summed E-state index contributed by atoms with van der Waals surface area (Å²) in [6.07, 6.45) is 0.963. The van der Waals surface area contributed by atoms with Crippen LogP contribution in [0.2, 0.25) is 0 Å². The molecule has 1 saturated heterocycles. The first-order chi connectivity index (χ1) is 22.0. The van der Waals surface area contributed by atoms with Crippen molar-refractivity contribution in [2.24, 2.45) is 11.8 Å². The number of carboxylic acids is 1. The third-order valence-corrected chi connectivity index (χ3v) is 8.13. The van der Waals surface area contributed by atoms with Gasteiger partial charge in [-0.1, -0.05) is 19.8 Å². The minimum absolute atomic E-state index is 0.00499. The number of amides is 1. The van der Waals surface area contributed by atoms with Gasteiger partial charge < -0.3 is 19.7 Å². The van der Waals surface area contributed by atoms with E-state index in [0.29, 0.717) is 28.3 Å². The van der Waals surface area contributed by atoms with Gasteiger partial charge in [0.05, 0.1) is 36.8 Å². The summed E-state index contributed by atoms with van der Waals surface area (Å²) in [6.45, 7) is 7.28. The molecule has 0 spiro atoms. The van der Waals surface area contributed by atoms with Crippen LogP contribution in [0.5, 0.6) is 0 Å². The minimum atomic E-state index is -4.82. The Kier molecular flexibility index (Phi) is 10.6. The number of nitrogens with zero attached hydrogens (tertiary/aromatic N) is 1. The molecular formula is C35H35F5N2O5. The molecule has 2 aromatic carbocycles. The van der Waals surface area contributed by atoms with Gasteiger partial charge in [0, 0.05) is 23.7 Å². The Morgan fingerprint density at radius 2 is 1.74 bits per heavy atom. The zero-order chi connectivity index (χ0) is 34.8. The van der Waals surface area contributed by atoms with Gasteiger partial charge in [-0.25, -0.2) is 8.78 Å². The second-order valence-corrected chi connectivity index (χ2v) is 12.4. The SMILES string of the molecule is C#Cc1cc(-c2c(C)cc(F)cc2C)cc(C(CC(=O)O)NC(=O)C(CC(C)C)n2cc(CC3COC3)c(C(F)(F)F)cc2=O)c1F. The fourth-order valence-corrected chi connectivity index (χ4v) is 5.97. The second kappa shape index (κ2) is 14.1. The van der Waals surface area contributed by atoms with E-state index in [4.69, 9.17) is 11.2 Å². The Balaban J connectivity index is 1.82. The lowest BCUT2D eigenvalue weighted by atomic mass is 9.90. The molecule has 1 fully saturated rings. The third-order valence-electron chi connectivity index (χ3n) is 8.13. The number of aromatic nitrogens is 1. The molecule has 0 radical (unpaired) electrons. The van der Waals surface area contributed by atoms with Crippen LogP contribution >= 0.6 is 0 Å². The van der Waals surface area contributed by atoms with E-state index >= 15 is 4.39 Å². The van der Waals surface area contributed by atoms with Crippen molar-refractivity contribution in [2.75, 3.05) is 13.2 Å². The molecule has 1 aromatic heterocycles. The molecule has 1 amide bonds. The molecule has 2 unspecified atom stereocenters. The smallest absolute Gasteiger partial charge is 0.416 e. The summed E-state index contributed by atoms with van der Waals surface area (Å²) in [7, 11) is 0. The average Bonchev–Trinajstić information content (AvgIpc) is 2.93. The highest BCUT2D eigenvalue weighted by molar-refractivity contribution is 5.82. The molecule has 2 atom stereocenters. The van der Waals surface area contributed by atoms with Gasteiger partial charge in [-0.05, 0) is 84.7 Å². The Morgan fingerprint density at radius 1 is 1.11 bits per heavy atom. The molecule has 0 saturated carbocycles. The molecule has 12 heteroatoms. The first-order valence-corrected chi connectivity index (χ1v) is 15.0. The van der Waals surface area contributed by atoms with Crippen molar-refractivity contribution in [3.8, 4) is 23.5 Å². The summed E-state index contributed by atoms with van der Waals surface area (Å²) < 4.78 is 77.7. The lowest BCUT2D eigenvalue weighted by Gasteiger charge is -2.29. The van der Waals surface area contributed by atoms with Gasteiger partial charge in [0.15, 0.2) is 0 Å². The number of carbonyl (C=O) groups excluding carboxylic acids is 1. The van der Waals surface area contributed by atoms with Crippen molar-refractivity contribution in [2.45, 2.75) is 65.2 Å². The lowest BCUT2D eigenvalue weighted by molar-refractivity contribution is -0.139. The predicted octanol–water partition coefficient (Wildman–Crippen LogP) is 6.52. The Labute approximate surface area is 268 Å². The van der Waals surface area contributed by atoms with Crippen LogP contribution in [0, 0.1) is 49.7 Å². The first-order valence-electron chi connectivity index (χ1n) is 15.0. The number of rotatable bonds is 11. The number of ether oxygens (including phenoxy) is 1. The maximum absolute atomic E-state index is 15.8. The fourth-order valence-electron chi connectivity index (χ4n) is 5.97. The highest BCUT2D eigenvalue weighted by Gasteiger charge is 2.37. The molecule has 4 rings (SSSR count). The maximum atomic E-state index is 15.8. The summed E-state index contributed by atoms with van der Waals surface area (Å²) in [5, 5.41) is 12.3. The van der Waals surface area contributed by atoms with Crippen molar-refractivity contribution in [1.82, 2.24) is 9.88 Å². The van der Waals surface area contributed by atoms with Crippen LogP contribution in [-0.4, -0.2) is 34.8 Å². The standard InChI is InChI=1S/C35H35F5N2O5/c1-6-22-11-23(32-19(4)8-25(36)9-20(32)5)12-26(33(22)37)28(14-31(44)45)41-34(46)29(7-18(2)3)42-15-24(10-21-16-47-17-21)27(13-30(42)43)35(38,39)40/h1,8-9,11-13,15,18,21,28-29H,7,10,14,16-17H2,2-5H3,(H,41,46)(H,44,45). The molecule has 3 aromatic rings. The van der Waals surface area contributed by atoms with E-state index in [1.54, 1.807) is 27.7 Å². The number of pyridine rings is 1. The number of benzene rings is 2. The molecular weight excluding hydrogens is 623 g/mol. The Bertz CT molecular complexity index is 1760. The maximum Gasteiger partial charge on any atom is 0.416 e. The summed E-state index contributed by atoms with van der Waals surface area (Å²) in [5.74, 6) is -1.95. The Hall–Kier alpha value is -4.50. The lowest BCUT2D eigenvalue weighted by Crippen LogP contribution is -2.41. The summed E-state index contributed by atoms with van der Waals surface area (Å²) in [5.41, 5.74) is -0.960. The van der Waals surface area contributed by atoms with E-state index in [1.807, 2.05) is 0 Å². The van der Waals surface area contributed by atoms with Crippen molar-refractivity contribution in [3.05, 3.63) is 91.9 Å². The van der Waals surface area contributed by atoms with Crippen LogP contribution in [-0.2, 0) is 26.9 Å².